The smallest absolute Gasteiger partial charge is 0.0131 e. The average Bonchev–Trinajstić information content (AvgIpc) is 3.63. The monoisotopic (exact) mass is 470 g/mol. The quantitative estimate of drug-likeness (QED) is 0.331. The zero-order chi connectivity index (χ0) is 24.1. The average molecular weight is 471 g/mol. The van der Waals surface area contributed by atoms with Crippen molar-refractivity contribution in [2.75, 3.05) is 0 Å². The number of fused-ring (bicyclic) bond motifs is 4. The molecular weight excluding hydrogens is 420 g/mol. The van der Waals surface area contributed by atoms with Crippen molar-refractivity contribution in [3.05, 3.63) is 58.2 Å². The van der Waals surface area contributed by atoms with Crippen molar-refractivity contribution in [1.82, 2.24) is 0 Å². The molecule has 6 rings (SSSR count). The Labute approximate surface area is 216 Å². The number of hydrogen-bond donors (Lipinski definition) is 0. The van der Waals surface area contributed by atoms with Crippen LogP contribution < -0.4 is 0 Å². The van der Waals surface area contributed by atoms with E-state index < -0.39 is 0 Å². The predicted octanol–water partition coefficient (Wildman–Crippen LogP) is 9.96. The number of hydrogen-bond acceptors (Lipinski definition) is 0. The Balaban J connectivity index is 0.893. The van der Waals surface area contributed by atoms with Crippen LogP contribution >= 0.6 is 0 Å². The van der Waals surface area contributed by atoms with Crippen LogP contribution in [0, 0.1) is 61.2 Å². The van der Waals surface area contributed by atoms with Crippen molar-refractivity contribution in [2.24, 2.45) is 47.3 Å². The minimum Gasteiger partial charge on any atom is -0.0807 e. The second-order valence-electron chi connectivity index (χ2n) is 13.9. The Morgan fingerprint density at radius 3 is 2.00 bits per heavy atom. The van der Waals surface area contributed by atoms with Gasteiger partial charge in [0.05, 0.1) is 0 Å². The molecule has 4 saturated carbocycles. The second-order valence-corrected chi connectivity index (χ2v) is 13.9. The first-order chi connectivity index (χ1) is 17.0. The fourth-order valence-electron chi connectivity index (χ4n) is 9.75. The van der Waals surface area contributed by atoms with Gasteiger partial charge in [0.2, 0.25) is 0 Å². The Hall–Kier alpha value is -1.30. The van der Waals surface area contributed by atoms with E-state index in [1.165, 1.54) is 74.5 Å². The molecule has 1 aromatic carbocycles. The number of rotatable bonds is 8. The second kappa shape index (κ2) is 9.87. The molecule has 35 heavy (non-hydrogen) atoms. The highest BCUT2D eigenvalue weighted by Gasteiger charge is 2.48. The highest BCUT2D eigenvalue weighted by atomic mass is 14.5. The number of aryl methyl sites for hydroxylation is 2. The fourth-order valence-corrected chi connectivity index (χ4v) is 9.75. The summed E-state index contributed by atoms with van der Waals surface area (Å²) in [5, 5.41) is 0. The van der Waals surface area contributed by atoms with Crippen LogP contribution in [0.5, 0.6) is 0 Å². The van der Waals surface area contributed by atoms with Gasteiger partial charge in [-0.2, -0.15) is 0 Å². The Bertz CT molecular complexity index is 978. The molecular formula is C35H50. The van der Waals surface area contributed by atoms with E-state index >= 15 is 0 Å². The largest absolute Gasteiger partial charge is 0.0807 e. The summed E-state index contributed by atoms with van der Waals surface area (Å²) < 4.78 is 0. The van der Waals surface area contributed by atoms with E-state index in [1.807, 2.05) is 0 Å². The first-order valence-electron chi connectivity index (χ1n) is 15.4. The molecule has 0 radical (unpaired) electrons. The van der Waals surface area contributed by atoms with Gasteiger partial charge in [-0.3, -0.25) is 0 Å². The summed E-state index contributed by atoms with van der Waals surface area (Å²) in [5.41, 5.74) is 7.66. The lowest BCUT2D eigenvalue weighted by Crippen LogP contribution is -2.24. The summed E-state index contributed by atoms with van der Waals surface area (Å²) >= 11 is 0. The normalized spacial score (nSPS) is 39.8. The fraction of sp³-hybridized carbons (Fsp3) is 0.714. The van der Waals surface area contributed by atoms with Crippen LogP contribution in [0.1, 0.15) is 114 Å². The molecule has 0 nitrogen and oxygen atoms in total. The van der Waals surface area contributed by atoms with Crippen LogP contribution in [0.2, 0.25) is 0 Å². The standard InChI is InChI=1S/C35H50/c1-22-10-12-28(14-24(22)3)34-20-30-18-32(34)16-26(30)8-6-5-7-9-27-17-33-19-31(27)21-35(33)29-13-11-23(2)25(4)15-29/h10-12,14-15,26-27,29-35H,5-9,13,16-21H2,1-4H3. The van der Waals surface area contributed by atoms with E-state index in [0.29, 0.717) is 0 Å². The summed E-state index contributed by atoms with van der Waals surface area (Å²) in [7, 11) is 0. The predicted molar refractivity (Wildman–Crippen MR) is 149 cm³/mol. The van der Waals surface area contributed by atoms with Crippen LogP contribution in [0.3, 0.4) is 0 Å². The lowest BCUT2D eigenvalue weighted by Gasteiger charge is -2.34. The van der Waals surface area contributed by atoms with Crippen molar-refractivity contribution in [3.63, 3.8) is 0 Å². The van der Waals surface area contributed by atoms with E-state index in [4.69, 9.17) is 0 Å². The first-order valence-corrected chi connectivity index (χ1v) is 15.4. The molecule has 0 spiro atoms. The molecule has 4 fully saturated rings. The molecule has 0 heteroatoms. The van der Waals surface area contributed by atoms with Crippen molar-refractivity contribution in [1.29, 1.82) is 0 Å². The number of unbranched alkanes of at least 4 members (excludes halogenated alkanes) is 2. The molecule has 0 saturated heterocycles. The first kappa shape index (κ1) is 24.1. The third kappa shape index (κ3) is 4.73. The van der Waals surface area contributed by atoms with Crippen molar-refractivity contribution in [2.45, 2.75) is 111 Å². The van der Waals surface area contributed by atoms with Crippen molar-refractivity contribution < 1.29 is 0 Å². The molecule has 0 aromatic heterocycles. The molecule has 4 bridgehead atoms. The van der Waals surface area contributed by atoms with Gasteiger partial charge in [0, 0.05) is 0 Å². The van der Waals surface area contributed by atoms with Crippen LogP contribution in [0.25, 0.3) is 0 Å². The summed E-state index contributed by atoms with van der Waals surface area (Å²) in [4.78, 5) is 0. The Morgan fingerprint density at radius 1 is 0.657 bits per heavy atom. The SMILES string of the molecule is CC1=CCC(C2CC3CC2CC3CCCCCC2CC3CC2CC3c2ccc(C)c(C)c2)C=C1C. The van der Waals surface area contributed by atoms with E-state index in [-0.39, 0.29) is 0 Å². The molecule has 9 atom stereocenters. The molecule has 0 aliphatic heterocycles. The zero-order valence-electron chi connectivity index (χ0n) is 23.1. The van der Waals surface area contributed by atoms with Crippen LogP contribution in [0.4, 0.5) is 0 Å². The highest BCUT2D eigenvalue weighted by Crippen LogP contribution is 2.58. The Kier molecular flexibility index (Phi) is 6.79. The Morgan fingerprint density at radius 2 is 1.37 bits per heavy atom. The molecule has 5 aliphatic carbocycles. The molecule has 190 valence electrons. The van der Waals surface area contributed by atoms with Gasteiger partial charge < -0.3 is 0 Å². The number of benzene rings is 1. The summed E-state index contributed by atoms with van der Waals surface area (Å²) in [5.74, 6) is 8.97. The van der Waals surface area contributed by atoms with Gasteiger partial charge in [0.25, 0.3) is 0 Å². The molecule has 0 N–H and O–H groups in total. The lowest BCUT2D eigenvalue weighted by atomic mass is 9.71. The van der Waals surface area contributed by atoms with Crippen molar-refractivity contribution >= 4 is 0 Å². The number of allylic oxidation sites excluding steroid dienone is 4. The maximum Gasteiger partial charge on any atom is -0.0131 e. The molecule has 5 aliphatic rings. The minimum absolute atomic E-state index is 0.853. The van der Waals surface area contributed by atoms with Gasteiger partial charge in [-0.1, -0.05) is 73.6 Å². The van der Waals surface area contributed by atoms with E-state index in [0.717, 1.165) is 53.3 Å². The van der Waals surface area contributed by atoms with Gasteiger partial charge in [-0.25, -0.2) is 0 Å². The van der Waals surface area contributed by atoms with E-state index in [2.05, 4.69) is 58.0 Å². The maximum absolute atomic E-state index is 2.63. The summed E-state index contributed by atoms with van der Waals surface area (Å²) in [6.45, 7) is 9.16. The molecule has 1 aromatic rings. The van der Waals surface area contributed by atoms with E-state index in [1.54, 1.807) is 30.4 Å². The van der Waals surface area contributed by atoms with Crippen LogP contribution in [-0.4, -0.2) is 0 Å². The third-order valence-electron chi connectivity index (χ3n) is 12.0. The third-order valence-corrected chi connectivity index (χ3v) is 12.0. The summed E-state index contributed by atoms with van der Waals surface area (Å²) in [6.07, 6.45) is 23.3. The topological polar surface area (TPSA) is 0 Å². The molecule has 0 amide bonds. The zero-order valence-corrected chi connectivity index (χ0v) is 23.1. The minimum atomic E-state index is 0.853. The lowest BCUT2D eigenvalue weighted by molar-refractivity contribution is 0.201. The van der Waals surface area contributed by atoms with Crippen LogP contribution in [-0.2, 0) is 0 Å². The van der Waals surface area contributed by atoms with Gasteiger partial charge in [-0.15, -0.1) is 0 Å². The maximum atomic E-state index is 2.63. The van der Waals surface area contributed by atoms with Gasteiger partial charge in [0.15, 0.2) is 0 Å². The van der Waals surface area contributed by atoms with Gasteiger partial charge in [0.1, 0.15) is 0 Å². The molecule has 0 heterocycles. The van der Waals surface area contributed by atoms with Crippen LogP contribution in [0.15, 0.2) is 41.5 Å². The molecule has 9 unspecified atom stereocenters. The van der Waals surface area contributed by atoms with Gasteiger partial charge in [-0.05, 0) is 143 Å². The van der Waals surface area contributed by atoms with Gasteiger partial charge >= 0.3 is 0 Å². The highest BCUT2D eigenvalue weighted by molar-refractivity contribution is 5.34. The summed E-state index contributed by atoms with van der Waals surface area (Å²) in [6, 6.07) is 7.29. The van der Waals surface area contributed by atoms with E-state index in [9.17, 15) is 0 Å². The van der Waals surface area contributed by atoms with Crippen molar-refractivity contribution in [3.8, 4) is 0 Å².